The van der Waals surface area contributed by atoms with Crippen LogP contribution in [0.5, 0.6) is 0 Å². The molecule has 110 valence electrons. The zero-order chi connectivity index (χ0) is 14.9. The van der Waals surface area contributed by atoms with Gasteiger partial charge < -0.3 is 4.98 Å². The third kappa shape index (κ3) is 3.23. The van der Waals surface area contributed by atoms with Crippen LogP contribution in [0.25, 0.3) is 10.9 Å². The number of nitrogens with one attached hydrogen (secondary N) is 1. The number of rotatable bonds is 3. The first-order chi connectivity index (χ1) is 10.0. The molecule has 0 aliphatic heterocycles. The fourth-order valence-electron chi connectivity index (χ4n) is 3.29. The molecule has 0 atom stereocenters. The SMILES string of the molecule is CC1(C)CC(=O)CC(=NCCc2c[nH]c3ccccc23)C1. The largest absolute Gasteiger partial charge is 0.361 e. The predicted molar refractivity (Wildman–Crippen MR) is 86.9 cm³/mol. The summed E-state index contributed by atoms with van der Waals surface area (Å²) in [7, 11) is 0. The lowest BCUT2D eigenvalue weighted by molar-refractivity contribution is -0.120. The molecule has 1 N–H and O–H groups in total. The number of nitrogens with zero attached hydrogens (tertiary/aromatic N) is 1. The maximum Gasteiger partial charge on any atom is 0.139 e. The summed E-state index contributed by atoms with van der Waals surface area (Å²) < 4.78 is 0. The molecule has 0 amide bonds. The predicted octanol–water partition coefficient (Wildman–Crippen LogP) is 3.93. The minimum atomic E-state index is 0.0783. The number of aromatic nitrogens is 1. The van der Waals surface area contributed by atoms with E-state index in [1.54, 1.807) is 0 Å². The third-order valence-electron chi connectivity index (χ3n) is 4.15. The average Bonchev–Trinajstić information content (AvgIpc) is 2.80. The lowest BCUT2D eigenvalue weighted by Crippen LogP contribution is -2.29. The highest BCUT2D eigenvalue weighted by atomic mass is 16.1. The van der Waals surface area contributed by atoms with Crippen LogP contribution >= 0.6 is 0 Å². The van der Waals surface area contributed by atoms with Crippen molar-refractivity contribution in [2.24, 2.45) is 10.4 Å². The number of Topliss-reactive ketones (excluding diaryl/α,β-unsaturated/α-hetero) is 1. The third-order valence-corrected chi connectivity index (χ3v) is 4.15. The number of ketones is 1. The Labute approximate surface area is 125 Å². The van der Waals surface area contributed by atoms with Gasteiger partial charge in [-0.1, -0.05) is 32.0 Å². The van der Waals surface area contributed by atoms with E-state index in [1.165, 1.54) is 16.5 Å². The van der Waals surface area contributed by atoms with Crippen molar-refractivity contribution in [3.8, 4) is 0 Å². The van der Waals surface area contributed by atoms with Crippen LogP contribution in [0.15, 0.2) is 35.5 Å². The van der Waals surface area contributed by atoms with Crippen LogP contribution in [-0.4, -0.2) is 23.0 Å². The topological polar surface area (TPSA) is 45.2 Å². The summed E-state index contributed by atoms with van der Waals surface area (Å²) in [5, 5.41) is 1.28. The Balaban J connectivity index is 1.68. The number of aromatic amines is 1. The van der Waals surface area contributed by atoms with Crippen molar-refractivity contribution >= 4 is 22.4 Å². The summed E-state index contributed by atoms with van der Waals surface area (Å²) in [5.74, 6) is 0.331. The van der Waals surface area contributed by atoms with Gasteiger partial charge in [0.15, 0.2) is 0 Å². The molecule has 1 fully saturated rings. The van der Waals surface area contributed by atoms with Crippen LogP contribution < -0.4 is 0 Å². The Hall–Kier alpha value is -1.90. The molecule has 1 heterocycles. The van der Waals surface area contributed by atoms with Gasteiger partial charge in [-0.15, -0.1) is 0 Å². The van der Waals surface area contributed by atoms with Gasteiger partial charge in [-0.3, -0.25) is 9.79 Å². The van der Waals surface area contributed by atoms with Gasteiger partial charge in [-0.05, 0) is 29.9 Å². The van der Waals surface area contributed by atoms with Crippen molar-refractivity contribution in [2.45, 2.75) is 39.5 Å². The standard InChI is InChI=1S/C18H22N2O/c1-18(2)10-14(9-15(21)11-18)19-8-7-13-12-20-17-6-4-3-5-16(13)17/h3-6,12,20H,7-11H2,1-2H3. The number of hydrogen-bond acceptors (Lipinski definition) is 2. The number of carbonyl (C=O) groups excluding carboxylic acids is 1. The molecule has 1 aromatic heterocycles. The van der Waals surface area contributed by atoms with Gasteiger partial charge >= 0.3 is 0 Å². The molecule has 0 saturated heterocycles. The molecule has 3 rings (SSSR count). The van der Waals surface area contributed by atoms with E-state index in [0.29, 0.717) is 18.6 Å². The normalized spacial score (nSPS) is 20.3. The molecule has 0 bridgehead atoms. The molecule has 1 aromatic carbocycles. The zero-order valence-corrected chi connectivity index (χ0v) is 12.8. The Morgan fingerprint density at radius 3 is 2.86 bits per heavy atom. The van der Waals surface area contributed by atoms with Gasteiger partial charge in [0.05, 0.1) is 0 Å². The van der Waals surface area contributed by atoms with Gasteiger partial charge in [-0.2, -0.15) is 0 Å². The number of para-hydroxylation sites is 1. The molecule has 0 radical (unpaired) electrons. The molecule has 1 saturated carbocycles. The molecular formula is C18H22N2O. The van der Waals surface area contributed by atoms with Crippen LogP contribution in [-0.2, 0) is 11.2 Å². The number of benzene rings is 1. The van der Waals surface area contributed by atoms with E-state index in [0.717, 1.165) is 25.1 Å². The fraction of sp³-hybridized carbons (Fsp3) is 0.444. The molecule has 0 spiro atoms. The summed E-state index contributed by atoms with van der Waals surface area (Å²) in [4.78, 5) is 19.8. The summed E-state index contributed by atoms with van der Waals surface area (Å²) in [5.41, 5.74) is 3.64. The second-order valence-electron chi connectivity index (χ2n) is 6.79. The van der Waals surface area contributed by atoms with E-state index in [4.69, 9.17) is 4.99 Å². The molecule has 1 aliphatic carbocycles. The van der Waals surface area contributed by atoms with Crippen LogP contribution in [0, 0.1) is 5.41 Å². The van der Waals surface area contributed by atoms with Crippen LogP contribution in [0.4, 0.5) is 0 Å². The lowest BCUT2D eigenvalue weighted by atomic mass is 9.76. The van der Waals surface area contributed by atoms with Crippen molar-refractivity contribution in [3.05, 3.63) is 36.0 Å². The maximum absolute atomic E-state index is 11.8. The Kier molecular flexibility index (Phi) is 3.66. The van der Waals surface area contributed by atoms with Crippen LogP contribution in [0.1, 0.15) is 38.7 Å². The molecule has 3 nitrogen and oxygen atoms in total. The minimum absolute atomic E-state index is 0.0783. The van der Waals surface area contributed by atoms with Gasteiger partial charge in [0.25, 0.3) is 0 Å². The first-order valence-corrected chi connectivity index (χ1v) is 7.62. The van der Waals surface area contributed by atoms with Crippen molar-refractivity contribution in [2.75, 3.05) is 6.54 Å². The van der Waals surface area contributed by atoms with Crippen LogP contribution in [0.3, 0.4) is 0 Å². The fourth-order valence-corrected chi connectivity index (χ4v) is 3.29. The van der Waals surface area contributed by atoms with E-state index in [9.17, 15) is 4.79 Å². The maximum atomic E-state index is 11.8. The van der Waals surface area contributed by atoms with Crippen molar-refractivity contribution < 1.29 is 4.79 Å². The number of aliphatic imine (C=N–C) groups is 1. The molecule has 0 unspecified atom stereocenters. The highest BCUT2D eigenvalue weighted by molar-refractivity contribution is 6.04. The van der Waals surface area contributed by atoms with Gasteiger partial charge in [0, 0.05) is 42.2 Å². The Morgan fingerprint density at radius 2 is 2.05 bits per heavy atom. The molecular weight excluding hydrogens is 260 g/mol. The monoisotopic (exact) mass is 282 g/mol. The van der Waals surface area contributed by atoms with E-state index >= 15 is 0 Å². The summed E-state index contributed by atoms with van der Waals surface area (Å²) in [6, 6.07) is 8.33. The van der Waals surface area contributed by atoms with Gasteiger partial charge in [0.2, 0.25) is 0 Å². The highest BCUT2D eigenvalue weighted by Crippen LogP contribution is 2.31. The van der Waals surface area contributed by atoms with E-state index < -0.39 is 0 Å². The Bertz CT molecular complexity index is 694. The second kappa shape index (κ2) is 5.47. The molecule has 21 heavy (non-hydrogen) atoms. The first kappa shape index (κ1) is 14.1. The van der Waals surface area contributed by atoms with Crippen molar-refractivity contribution in [1.29, 1.82) is 0 Å². The number of H-pyrrole nitrogens is 1. The summed E-state index contributed by atoms with van der Waals surface area (Å²) in [6.45, 7) is 5.07. The highest BCUT2D eigenvalue weighted by Gasteiger charge is 2.29. The smallest absolute Gasteiger partial charge is 0.139 e. The van der Waals surface area contributed by atoms with E-state index in [-0.39, 0.29) is 5.41 Å². The molecule has 2 aromatic rings. The van der Waals surface area contributed by atoms with Gasteiger partial charge in [-0.25, -0.2) is 0 Å². The zero-order valence-electron chi connectivity index (χ0n) is 12.8. The number of carbonyl (C=O) groups is 1. The summed E-state index contributed by atoms with van der Waals surface area (Å²) in [6.07, 6.45) is 5.18. The Morgan fingerprint density at radius 1 is 1.24 bits per heavy atom. The van der Waals surface area contributed by atoms with E-state index in [2.05, 4.69) is 43.2 Å². The number of hydrogen-bond donors (Lipinski definition) is 1. The van der Waals surface area contributed by atoms with Gasteiger partial charge in [0.1, 0.15) is 5.78 Å². The van der Waals surface area contributed by atoms with Crippen LogP contribution in [0.2, 0.25) is 0 Å². The molecule has 3 heteroatoms. The summed E-state index contributed by atoms with van der Waals surface area (Å²) >= 11 is 0. The average molecular weight is 282 g/mol. The van der Waals surface area contributed by atoms with E-state index in [1.807, 2.05) is 6.07 Å². The van der Waals surface area contributed by atoms with Crippen molar-refractivity contribution in [1.82, 2.24) is 4.98 Å². The second-order valence-corrected chi connectivity index (χ2v) is 6.79. The number of fused-ring (bicyclic) bond motifs is 1. The van der Waals surface area contributed by atoms with Crippen molar-refractivity contribution in [3.63, 3.8) is 0 Å². The first-order valence-electron chi connectivity index (χ1n) is 7.62. The lowest BCUT2D eigenvalue weighted by Gasteiger charge is -2.29. The quantitative estimate of drug-likeness (QED) is 0.910. The minimum Gasteiger partial charge on any atom is -0.361 e. The molecule has 1 aliphatic rings.